The molecular weight excluding hydrogens is 279 g/mol. The Morgan fingerprint density at radius 1 is 1.53 bits per heavy atom. The molecule has 0 fully saturated rings. The second-order valence-corrected chi connectivity index (χ2v) is 4.29. The topological polar surface area (TPSA) is 41.1 Å². The second kappa shape index (κ2) is 6.10. The normalized spacial score (nSPS) is 10.1. The standard InChI is InChI=1S/C10H12BrClN2O/c1-13-10(15)6-14-5-7-2-3-8(11)9(12)4-7/h2-4,14H,5-6H2,1H3,(H,13,15). The van der Waals surface area contributed by atoms with Gasteiger partial charge in [-0.3, -0.25) is 4.79 Å². The van der Waals surface area contributed by atoms with Gasteiger partial charge in [-0.25, -0.2) is 0 Å². The predicted octanol–water partition coefficient (Wildman–Crippen LogP) is 1.94. The second-order valence-electron chi connectivity index (χ2n) is 3.03. The maximum atomic E-state index is 10.9. The quantitative estimate of drug-likeness (QED) is 0.890. The van der Waals surface area contributed by atoms with Crippen molar-refractivity contribution in [2.75, 3.05) is 13.6 Å². The Balaban J connectivity index is 2.44. The molecule has 0 spiro atoms. The zero-order valence-corrected chi connectivity index (χ0v) is 10.7. The molecule has 0 aliphatic heterocycles. The smallest absolute Gasteiger partial charge is 0.233 e. The maximum Gasteiger partial charge on any atom is 0.233 e. The summed E-state index contributed by atoms with van der Waals surface area (Å²) in [5.74, 6) is -0.0294. The first-order valence-electron chi connectivity index (χ1n) is 4.48. The summed E-state index contributed by atoms with van der Waals surface area (Å²) in [7, 11) is 1.61. The number of likely N-dealkylation sites (N-methyl/N-ethyl adjacent to an activating group) is 1. The number of carbonyl (C=O) groups is 1. The van der Waals surface area contributed by atoms with Gasteiger partial charge in [-0.05, 0) is 33.6 Å². The van der Waals surface area contributed by atoms with Gasteiger partial charge in [0.25, 0.3) is 0 Å². The zero-order chi connectivity index (χ0) is 11.3. The lowest BCUT2D eigenvalue weighted by Crippen LogP contribution is -2.30. The van der Waals surface area contributed by atoms with E-state index in [0.29, 0.717) is 18.1 Å². The fraction of sp³-hybridized carbons (Fsp3) is 0.300. The van der Waals surface area contributed by atoms with Crippen molar-refractivity contribution in [2.45, 2.75) is 6.54 Å². The van der Waals surface area contributed by atoms with Gasteiger partial charge in [-0.2, -0.15) is 0 Å². The molecule has 0 unspecified atom stereocenters. The fourth-order valence-corrected chi connectivity index (χ4v) is 1.51. The van der Waals surface area contributed by atoms with Crippen molar-refractivity contribution in [2.24, 2.45) is 0 Å². The maximum absolute atomic E-state index is 10.9. The van der Waals surface area contributed by atoms with Gasteiger partial charge >= 0.3 is 0 Å². The highest BCUT2D eigenvalue weighted by molar-refractivity contribution is 9.10. The van der Waals surface area contributed by atoms with Crippen LogP contribution in [0.1, 0.15) is 5.56 Å². The van der Waals surface area contributed by atoms with E-state index >= 15 is 0 Å². The van der Waals surface area contributed by atoms with Gasteiger partial charge in [0.05, 0.1) is 11.6 Å². The third-order valence-corrected chi connectivity index (χ3v) is 3.11. The van der Waals surface area contributed by atoms with Crippen LogP contribution in [0.25, 0.3) is 0 Å². The van der Waals surface area contributed by atoms with E-state index in [0.717, 1.165) is 10.0 Å². The van der Waals surface area contributed by atoms with Crippen molar-refractivity contribution in [3.63, 3.8) is 0 Å². The summed E-state index contributed by atoms with van der Waals surface area (Å²) in [5.41, 5.74) is 1.05. The molecule has 0 atom stereocenters. The minimum absolute atomic E-state index is 0.0294. The first-order chi connectivity index (χ1) is 7.13. The molecule has 0 saturated heterocycles. The number of hydrogen-bond acceptors (Lipinski definition) is 2. The lowest BCUT2D eigenvalue weighted by Gasteiger charge is -2.05. The molecule has 2 N–H and O–H groups in total. The van der Waals surface area contributed by atoms with Gasteiger partial charge < -0.3 is 10.6 Å². The number of carbonyl (C=O) groups excluding carboxylic acids is 1. The van der Waals surface area contributed by atoms with Crippen LogP contribution in [-0.2, 0) is 11.3 Å². The summed E-state index contributed by atoms with van der Waals surface area (Å²) < 4.78 is 0.874. The first kappa shape index (κ1) is 12.5. The largest absolute Gasteiger partial charge is 0.358 e. The van der Waals surface area contributed by atoms with E-state index in [1.807, 2.05) is 18.2 Å². The number of nitrogens with one attached hydrogen (secondary N) is 2. The number of halogens is 2. The van der Waals surface area contributed by atoms with Gasteiger partial charge in [-0.15, -0.1) is 0 Å². The van der Waals surface area contributed by atoms with E-state index in [4.69, 9.17) is 11.6 Å². The van der Waals surface area contributed by atoms with Crippen molar-refractivity contribution in [3.8, 4) is 0 Å². The van der Waals surface area contributed by atoms with Crippen molar-refractivity contribution in [3.05, 3.63) is 33.3 Å². The molecule has 3 nitrogen and oxygen atoms in total. The minimum atomic E-state index is -0.0294. The van der Waals surface area contributed by atoms with Gasteiger partial charge in [0.2, 0.25) is 5.91 Å². The first-order valence-corrected chi connectivity index (χ1v) is 5.66. The molecule has 0 bridgehead atoms. The monoisotopic (exact) mass is 290 g/mol. The molecule has 1 amide bonds. The third-order valence-electron chi connectivity index (χ3n) is 1.88. The number of benzene rings is 1. The fourth-order valence-electron chi connectivity index (χ4n) is 1.06. The highest BCUT2D eigenvalue weighted by Gasteiger charge is 2.00. The summed E-state index contributed by atoms with van der Waals surface area (Å²) in [6.45, 7) is 0.935. The van der Waals surface area contributed by atoms with Crippen LogP contribution in [0.2, 0.25) is 5.02 Å². The van der Waals surface area contributed by atoms with E-state index in [-0.39, 0.29) is 5.91 Å². The molecule has 5 heteroatoms. The Labute approximate surface area is 102 Å². The summed E-state index contributed by atoms with van der Waals surface area (Å²) >= 11 is 9.24. The average Bonchev–Trinajstić information content (AvgIpc) is 2.23. The predicted molar refractivity (Wildman–Crippen MR) is 64.9 cm³/mol. The molecule has 15 heavy (non-hydrogen) atoms. The SMILES string of the molecule is CNC(=O)CNCc1ccc(Br)c(Cl)c1. The lowest BCUT2D eigenvalue weighted by molar-refractivity contribution is -0.119. The Bertz CT molecular complexity index is 357. The van der Waals surface area contributed by atoms with Crippen molar-refractivity contribution < 1.29 is 4.79 Å². The van der Waals surface area contributed by atoms with Crippen LogP contribution in [-0.4, -0.2) is 19.5 Å². The van der Waals surface area contributed by atoms with Crippen LogP contribution >= 0.6 is 27.5 Å². The lowest BCUT2D eigenvalue weighted by atomic mass is 10.2. The summed E-state index contributed by atoms with van der Waals surface area (Å²) in [6.07, 6.45) is 0. The van der Waals surface area contributed by atoms with Gasteiger partial charge in [0.15, 0.2) is 0 Å². The Hall–Kier alpha value is -0.580. The molecule has 1 rings (SSSR count). The molecule has 0 aliphatic rings. The number of hydrogen-bond donors (Lipinski definition) is 2. The molecule has 1 aromatic rings. The molecule has 1 aromatic carbocycles. The van der Waals surface area contributed by atoms with Crippen molar-refractivity contribution in [1.82, 2.24) is 10.6 Å². The molecule has 0 radical (unpaired) electrons. The summed E-state index contributed by atoms with van der Waals surface area (Å²) in [4.78, 5) is 10.9. The van der Waals surface area contributed by atoms with E-state index in [2.05, 4.69) is 26.6 Å². The van der Waals surface area contributed by atoms with Crippen molar-refractivity contribution >= 4 is 33.4 Å². The summed E-state index contributed by atoms with van der Waals surface area (Å²) in [5, 5.41) is 6.23. The summed E-state index contributed by atoms with van der Waals surface area (Å²) in [6, 6.07) is 5.70. The number of amides is 1. The molecule has 82 valence electrons. The van der Waals surface area contributed by atoms with Crippen LogP contribution in [0.3, 0.4) is 0 Å². The van der Waals surface area contributed by atoms with Gasteiger partial charge in [-0.1, -0.05) is 17.7 Å². The average molecular weight is 292 g/mol. The molecule has 0 aromatic heterocycles. The molecule has 0 aliphatic carbocycles. The van der Waals surface area contributed by atoms with E-state index in [1.165, 1.54) is 0 Å². The minimum Gasteiger partial charge on any atom is -0.358 e. The van der Waals surface area contributed by atoms with E-state index in [1.54, 1.807) is 7.05 Å². The Morgan fingerprint density at radius 2 is 2.27 bits per heavy atom. The number of rotatable bonds is 4. The van der Waals surface area contributed by atoms with Gasteiger partial charge in [0.1, 0.15) is 0 Å². The van der Waals surface area contributed by atoms with Crippen LogP contribution in [0, 0.1) is 0 Å². The molecule has 0 saturated carbocycles. The Kier molecular flexibility index (Phi) is 5.08. The van der Waals surface area contributed by atoms with E-state index in [9.17, 15) is 4.79 Å². The van der Waals surface area contributed by atoms with Crippen LogP contribution in [0.4, 0.5) is 0 Å². The molecule has 0 heterocycles. The van der Waals surface area contributed by atoms with Crippen LogP contribution in [0.15, 0.2) is 22.7 Å². The van der Waals surface area contributed by atoms with Crippen LogP contribution in [0.5, 0.6) is 0 Å². The third kappa shape index (κ3) is 4.20. The van der Waals surface area contributed by atoms with E-state index < -0.39 is 0 Å². The molecular formula is C10H12BrClN2O. The van der Waals surface area contributed by atoms with Gasteiger partial charge in [0, 0.05) is 18.1 Å². The highest BCUT2D eigenvalue weighted by atomic mass is 79.9. The van der Waals surface area contributed by atoms with Crippen LogP contribution < -0.4 is 10.6 Å². The zero-order valence-electron chi connectivity index (χ0n) is 8.31. The Morgan fingerprint density at radius 3 is 2.87 bits per heavy atom. The highest BCUT2D eigenvalue weighted by Crippen LogP contribution is 2.22. The van der Waals surface area contributed by atoms with Crippen molar-refractivity contribution in [1.29, 1.82) is 0 Å².